The van der Waals surface area contributed by atoms with Gasteiger partial charge in [0.2, 0.25) is 5.89 Å². The average Bonchev–Trinajstić information content (AvgIpc) is 2.81. The van der Waals surface area contributed by atoms with Crippen molar-refractivity contribution in [2.45, 2.75) is 26.7 Å². The quantitative estimate of drug-likeness (QED) is 0.645. The second-order valence-electron chi connectivity index (χ2n) is 5.22. The molecule has 2 nitrogen and oxygen atoms in total. The average molecular weight is 251 g/mol. The summed E-state index contributed by atoms with van der Waals surface area (Å²) in [6, 6.07) is 14.2. The third-order valence-corrected chi connectivity index (χ3v) is 3.42. The lowest BCUT2D eigenvalue weighted by molar-refractivity contribution is 0.618. The summed E-state index contributed by atoms with van der Waals surface area (Å²) < 4.78 is 5.89. The molecule has 0 atom stereocenters. The molecule has 0 N–H and O–H groups in total. The molecular formula is C17H17NO. The monoisotopic (exact) mass is 251 g/mol. The first-order valence-corrected chi connectivity index (χ1v) is 6.61. The van der Waals surface area contributed by atoms with Crippen molar-refractivity contribution in [2.24, 2.45) is 0 Å². The third kappa shape index (κ3) is 2.14. The van der Waals surface area contributed by atoms with Gasteiger partial charge in [0.15, 0.2) is 5.58 Å². The van der Waals surface area contributed by atoms with Gasteiger partial charge in [-0.25, -0.2) is 4.98 Å². The van der Waals surface area contributed by atoms with E-state index in [0.29, 0.717) is 11.8 Å². The third-order valence-electron chi connectivity index (χ3n) is 3.42. The summed E-state index contributed by atoms with van der Waals surface area (Å²) in [7, 11) is 0. The fourth-order valence-electron chi connectivity index (χ4n) is 2.42. The summed E-state index contributed by atoms with van der Waals surface area (Å²) in [5.74, 6) is 1.19. The number of fused-ring (bicyclic) bond motifs is 1. The van der Waals surface area contributed by atoms with Crippen LogP contribution in [0.3, 0.4) is 0 Å². The lowest BCUT2D eigenvalue weighted by atomic mass is 9.98. The minimum Gasteiger partial charge on any atom is -0.436 e. The number of hydrogen-bond acceptors (Lipinski definition) is 2. The summed E-state index contributed by atoms with van der Waals surface area (Å²) in [5.41, 5.74) is 5.41. The van der Waals surface area contributed by atoms with Crippen LogP contribution in [0.2, 0.25) is 0 Å². The van der Waals surface area contributed by atoms with Crippen LogP contribution < -0.4 is 0 Å². The SMILES string of the molecule is Cc1cc2nc(-c3ccccc3)oc2cc1C(C)C. The van der Waals surface area contributed by atoms with Gasteiger partial charge in [0.25, 0.3) is 0 Å². The first kappa shape index (κ1) is 12.0. The van der Waals surface area contributed by atoms with Gasteiger partial charge in [-0.05, 0) is 48.2 Å². The van der Waals surface area contributed by atoms with Crippen LogP contribution in [-0.2, 0) is 0 Å². The molecule has 0 bridgehead atoms. The van der Waals surface area contributed by atoms with E-state index in [-0.39, 0.29) is 0 Å². The molecule has 0 radical (unpaired) electrons. The van der Waals surface area contributed by atoms with Gasteiger partial charge in [-0.1, -0.05) is 32.0 Å². The van der Waals surface area contributed by atoms with Crippen molar-refractivity contribution in [3.63, 3.8) is 0 Å². The van der Waals surface area contributed by atoms with Gasteiger partial charge in [-0.15, -0.1) is 0 Å². The van der Waals surface area contributed by atoms with Gasteiger partial charge in [0.1, 0.15) is 5.52 Å². The molecule has 0 saturated carbocycles. The van der Waals surface area contributed by atoms with Crippen LogP contribution in [-0.4, -0.2) is 4.98 Å². The number of benzene rings is 2. The largest absolute Gasteiger partial charge is 0.436 e. The Morgan fingerprint density at radius 2 is 1.79 bits per heavy atom. The predicted molar refractivity (Wildman–Crippen MR) is 78.3 cm³/mol. The van der Waals surface area contributed by atoms with Crippen LogP contribution in [0.5, 0.6) is 0 Å². The molecule has 0 aliphatic carbocycles. The molecule has 1 aromatic heterocycles. The lowest BCUT2D eigenvalue weighted by Crippen LogP contribution is -1.91. The summed E-state index contributed by atoms with van der Waals surface area (Å²) in [6.07, 6.45) is 0. The second kappa shape index (κ2) is 4.54. The Hall–Kier alpha value is -2.09. The van der Waals surface area contributed by atoms with Crippen LogP contribution in [0.1, 0.15) is 30.9 Å². The van der Waals surface area contributed by atoms with E-state index in [9.17, 15) is 0 Å². The normalized spacial score (nSPS) is 11.4. The zero-order valence-corrected chi connectivity index (χ0v) is 11.5. The highest BCUT2D eigenvalue weighted by atomic mass is 16.3. The molecule has 0 aliphatic rings. The van der Waals surface area contributed by atoms with E-state index in [2.05, 4.69) is 37.9 Å². The maximum Gasteiger partial charge on any atom is 0.227 e. The van der Waals surface area contributed by atoms with E-state index in [0.717, 1.165) is 16.7 Å². The number of oxazole rings is 1. The first-order valence-electron chi connectivity index (χ1n) is 6.61. The van der Waals surface area contributed by atoms with E-state index in [4.69, 9.17) is 4.42 Å². The zero-order chi connectivity index (χ0) is 13.4. The Morgan fingerprint density at radius 1 is 1.05 bits per heavy atom. The maximum atomic E-state index is 5.89. The topological polar surface area (TPSA) is 26.0 Å². The van der Waals surface area contributed by atoms with E-state index in [1.54, 1.807) is 0 Å². The van der Waals surface area contributed by atoms with Gasteiger partial charge in [0.05, 0.1) is 0 Å². The predicted octanol–water partition coefficient (Wildman–Crippen LogP) is 4.93. The number of aromatic nitrogens is 1. The molecule has 0 amide bonds. The molecule has 0 spiro atoms. The fraction of sp³-hybridized carbons (Fsp3) is 0.235. The van der Waals surface area contributed by atoms with Crippen molar-refractivity contribution in [3.05, 3.63) is 53.6 Å². The Kier molecular flexibility index (Phi) is 2.86. The summed E-state index contributed by atoms with van der Waals surface area (Å²) in [5, 5.41) is 0. The van der Waals surface area contributed by atoms with Crippen molar-refractivity contribution in [2.75, 3.05) is 0 Å². The molecule has 3 aromatic rings. The van der Waals surface area contributed by atoms with Gasteiger partial charge < -0.3 is 4.42 Å². The molecule has 0 aliphatic heterocycles. The number of hydrogen-bond donors (Lipinski definition) is 0. The van der Waals surface area contributed by atoms with Crippen LogP contribution in [0.4, 0.5) is 0 Å². The molecular weight excluding hydrogens is 234 g/mol. The minimum atomic E-state index is 0.495. The van der Waals surface area contributed by atoms with Gasteiger partial charge in [-0.3, -0.25) is 0 Å². The van der Waals surface area contributed by atoms with E-state index in [1.807, 2.05) is 30.3 Å². The minimum absolute atomic E-state index is 0.495. The summed E-state index contributed by atoms with van der Waals surface area (Å²) in [4.78, 5) is 4.58. The highest BCUT2D eigenvalue weighted by Crippen LogP contribution is 2.29. The Balaban J connectivity index is 2.16. The van der Waals surface area contributed by atoms with Crippen LogP contribution in [0.25, 0.3) is 22.6 Å². The van der Waals surface area contributed by atoms with Crippen LogP contribution in [0.15, 0.2) is 46.9 Å². The highest BCUT2D eigenvalue weighted by molar-refractivity contribution is 5.78. The molecule has 96 valence electrons. The van der Waals surface area contributed by atoms with E-state index >= 15 is 0 Å². The molecule has 3 rings (SSSR count). The molecule has 2 heteroatoms. The highest BCUT2D eigenvalue weighted by Gasteiger charge is 2.11. The summed E-state index contributed by atoms with van der Waals surface area (Å²) >= 11 is 0. The summed E-state index contributed by atoms with van der Waals surface area (Å²) in [6.45, 7) is 6.52. The standard InChI is InChI=1S/C17H17NO/c1-11(2)14-10-16-15(9-12(14)3)18-17(19-16)13-7-5-4-6-8-13/h4-11H,1-3H3. The Labute approximate surface area is 113 Å². The number of rotatable bonds is 2. The van der Waals surface area contributed by atoms with Crippen molar-refractivity contribution in [1.29, 1.82) is 0 Å². The molecule has 2 aromatic carbocycles. The van der Waals surface area contributed by atoms with E-state index in [1.165, 1.54) is 11.1 Å². The molecule has 0 unspecified atom stereocenters. The van der Waals surface area contributed by atoms with Crippen molar-refractivity contribution in [1.82, 2.24) is 4.98 Å². The smallest absolute Gasteiger partial charge is 0.227 e. The van der Waals surface area contributed by atoms with Crippen molar-refractivity contribution < 1.29 is 4.42 Å². The molecule has 19 heavy (non-hydrogen) atoms. The maximum absolute atomic E-state index is 5.89. The van der Waals surface area contributed by atoms with Gasteiger partial charge in [0, 0.05) is 5.56 Å². The molecule has 1 heterocycles. The number of nitrogens with zero attached hydrogens (tertiary/aromatic N) is 1. The van der Waals surface area contributed by atoms with Gasteiger partial charge in [-0.2, -0.15) is 0 Å². The lowest BCUT2D eigenvalue weighted by Gasteiger charge is -2.08. The Morgan fingerprint density at radius 3 is 2.47 bits per heavy atom. The van der Waals surface area contributed by atoms with Crippen LogP contribution in [0, 0.1) is 6.92 Å². The zero-order valence-electron chi connectivity index (χ0n) is 11.5. The van der Waals surface area contributed by atoms with E-state index < -0.39 is 0 Å². The number of aryl methyl sites for hydroxylation is 1. The second-order valence-corrected chi connectivity index (χ2v) is 5.22. The van der Waals surface area contributed by atoms with Crippen molar-refractivity contribution >= 4 is 11.1 Å². The van der Waals surface area contributed by atoms with Crippen LogP contribution >= 0.6 is 0 Å². The molecule has 0 saturated heterocycles. The first-order chi connectivity index (χ1) is 9.15. The fourth-order valence-corrected chi connectivity index (χ4v) is 2.42. The molecule has 0 fully saturated rings. The van der Waals surface area contributed by atoms with Crippen molar-refractivity contribution in [3.8, 4) is 11.5 Å². The van der Waals surface area contributed by atoms with Gasteiger partial charge >= 0.3 is 0 Å². The Bertz CT molecular complexity index is 711.